The molecular formula is C14H14N2O2S. The Kier molecular flexibility index (Phi) is 2.98. The molecule has 2 N–H and O–H groups in total. The van der Waals surface area contributed by atoms with Crippen molar-refractivity contribution in [2.75, 3.05) is 5.32 Å². The van der Waals surface area contributed by atoms with Gasteiger partial charge < -0.3 is 10.4 Å². The zero-order valence-corrected chi connectivity index (χ0v) is 11.4. The molecule has 1 aromatic carbocycles. The number of hydrogen-bond acceptors (Lipinski definition) is 4. The molecular weight excluding hydrogens is 260 g/mol. The summed E-state index contributed by atoms with van der Waals surface area (Å²) in [5.74, 6) is -0.921. The Bertz CT molecular complexity index is 627. The third-order valence-electron chi connectivity index (χ3n) is 3.24. The molecule has 0 saturated carbocycles. The molecule has 2 aromatic rings. The van der Waals surface area contributed by atoms with Crippen molar-refractivity contribution >= 4 is 28.1 Å². The van der Waals surface area contributed by atoms with Crippen molar-refractivity contribution in [2.24, 2.45) is 0 Å². The highest BCUT2D eigenvalue weighted by molar-refractivity contribution is 7.15. The number of anilines is 2. The van der Waals surface area contributed by atoms with E-state index in [1.807, 2.05) is 13.0 Å². The Morgan fingerprint density at radius 1 is 1.42 bits per heavy atom. The maximum atomic E-state index is 11.2. The van der Waals surface area contributed by atoms with Crippen LogP contribution in [0.4, 0.5) is 10.8 Å². The molecule has 1 aliphatic rings. The molecule has 19 heavy (non-hydrogen) atoms. The first-order valence-electron chi connectivity index (χ1n) is 6.23. The molecule has 1 aliphatic carbocycles. The van der Waals surface area contributed by atoms with Gasteiger partial charge in [-0.2, -0.15) is 0 Å². The van der Waals surface area contributed by atoms with Gasteiger partial charge >= 0.3 is 5.97 Å². The number of carbonyl (C=O) groups is 1. The molecule has 0 bridgehead atoms. The van der Waals surface area contributed by atoms with Crippen molar-refractivity contribution in [1.82, 2.24) is 4.98 Å². The van der Waals surface area contributed by atoms with Crippen molar-refractivity contribution in [2.45, 2.75) is 26.2 Å². The number of aromatic nitrogens is 1. The van der Waals surface area contributed by atoms with E-state index in [0.29, 0.717) is 5.69 Å². The number of fused-ring (bicyclic) bond motifs is 1. The van der Waals surface area contributed by atoms with Crippen LogP contribution < -0.4 is 5.32 Å². The summed E-state index contributed by atoms with van der Waals surface area (Å²) in [6.07, 6.45) is 3.31. The predicted molar refractivity (Wildman–Crippen MR) is 75.6 cm³/mol. The Morgan fingerprint density at radius 2 is 2.26 bits per heavy atom. The van der Waals surface area contributed by atoms with Gasteiger partial charge in [0.1, 0.15) is 0 Å². The van der Waals surface area contributed by atoms with Crippen LogP contribution in [-0.2, 0) is 12.8 Å². The number of rotatable bonds is 3. The molecule has 0 radical (unpaired) electrons. The quantitative estimate of drug-likeness (QED) is 0.900. The average Bonchev–Trinajstić information content (AvgIpc) is 2.91. The fraction of sp³-hybridized carbons (Fsp3) is 0.286. The number of nitrogens with zero attached hydrogens (tertiary/aromatic N) is 1. The molecule has 1 heterocycles. The van der Waals surface area contributed by atoms with Crippen molar-refractivity contribution < 1.29 is 9.90 Å². The minimum Gasteiger partial charge on any atom is -0.478 e. The lowest BCUT2D eigenvalue weighted by Gasteiger charge is -2.07. The van der Waals surface area contributed by atoms with Crippen molar-refractivity contribution in [3.8, 4) is 0 Å². The zero-order chi connectivity index (χ0) is 13.4. The van der Waals surface area contributed by atoms with E-state index in [9.17, 15) is 9.90 Å². The topological polar surface area (TPSA) is 62.2 Å². The van der Waals surface area contributed by atoms with Crippen molar-refractivity contribution in [1.29, 1.82) is 0 Å². The Labute approximate surface area is 115 Å². The molecule has 98 valence electrons. The smallest absolute Gasteiger partial charge is 0.337 e. The van der Waals surface area contributed by atoms with Gasteiger partial charge in [0.05, 0.1) is 16.9 Å². The molecule has 0 aliphatic heterocycles. The van der Waals surface area contributed by atoms with Crippen LogP contribution in [0.2, 0.25) is 0 Å². The predicted octanol–water partition coefficient (Wildman–Crippen LogP) is 3.38. The molecule has 0 fully saturated rings. The third-order valence-corrected chi connectivity index (χ3v) is 4.32. The number of thiazole rings is 1. The SMILES string of the molecule is Cc1ccc(Nc2nc3c(s2)CCC3)c(C(=O)O)c1. The Hall–Kier alpha value is -1.88. The highest BCUT2D eigenvalue weighted by Gasteiger charge is 2.18. The largest absolute Gasteiger partial charge is 0.478 e. The minimum absolute atomic E-state index is 0.287. The van der Waals surface area contributed by atoms with E-state index >= 15 is 0 Å². The Balaban J connectivity index is 1.92. The van der Waals surface area contributed by atoms with Crippen molar-refractivity contribution in [3.63, 3.8) is 0 Å². The lowest BCUT2D eigenvalue weighted by Crippen LogP contribution is -2.03. The van der Waals surface area contributed by atoms with Crippen LogP contribution in [-0.4, -0.2) is 16.1 Å². The van der Waals surface area contributed by atoms with E-state index in [1.165, 1.54) is 11.3 Å². The van der Waals surface area contributed by atoms with Crippen LogP contribution in [0.25, 0.3) is 0 Å². The number of aryl methyl sites for hydroxylation is 3. The van der Waals surface area contributed by atoms with E-state index < -0.39 is 5.97 Å². The molecule has 3 rings (SSSR count). The summed E-state index contributed by atoms with van der Waals surface area (Å²) in [7, 11) is 0. The summed E-state index contributed by atoms with van der Waals surface area (Å²) < 4.78 is 0. The lowest BCUT2D eigenvalue weighted by atomic mass is 10.1. The highest BCUT2D eigenvalue weighted by atomic mass is 32.1. The second-order valence-corrected chi connectivity index (χ2v) is 5.81. The number of carboxylic acids is 1. The number of benzene rings is 1. The summed E-state index contributed by atoms with van der Waals surface area (Å²) in [5, 5.41) is 13.2. The maximum absolute atomic E-state index is 11.2. The van der Waals surface area contributed by atoms with Crippen LogP contribution in [0.5, 0.6) is 0 Å². The monoisotopic (exact) mass is 274 g/mol. The number of nitrogens with one attached hydrogen (secondary N) is 1. The number of aromatic carboxylic acids is 1. The van der Waals surface area contributed by atoms with E-state index in [1.54, 1.807) is 23.5 Å². The average molecular weight is 274 g/mol. The molecule has 0 atom stereocenters. The molecule has 0 spiro atoms. The zero-order valence-electron chi connectivity index (χ0n) is 10.6. The van der Waals surface area contributed by atoms with Gasteiger partial charge in [0.15, 0.2) is 5.13 Å². The van der Waals surface area contributed by atoms with Gasteiger partial charge in [0, 0.05) is 4.88 Å². The van der Waals surface area contributed by atoms with Crippen LogP contribution in [0, 0.1) is 6.92 Å². The summed E-state index contributed by atoms with van der Waals surface area (Å²) in [4.78, 5) is 17.1. The molecule has 4 nitrogen and oxygen atoms in total. The van der Waals surface area contributed by atoms with Crippen LogP contribution >= 0.6 is 11.3 Å². The van der Waals surface area contributed by atoms with E-state index in [-0.39, 0.29) is 5.56 Å². The van der Waals surface area contributed by atoms with Crippen molar-refractivity contribution in [3.05, 3.63) is 39.9 Å². The summed E-state index contributed by atoms with van der Waals surface area (Å²) >= 11 is 1.63. The van der Waals surface area contributed by atoms with Gasteiger partial charge in [-0.25, -0.2) is 9.78 Å². The molecule has 5 heteroatoms. The first kappa shape index (κ1) is 12.2. The standard InChI is InChI=1S/C14H14N2O2S/c1-8-5-6-10(9(7-8)13(17)18)15-14-16-11-3-2-4-12(11)19-14/h5-7H,2-4H2,1H3,(H,15,16)(H,17,18). The number of hydrogen-bond donors (Lipinski definition) is 2. The summed E-state index contributed by atoms with van der Waals surface area (Å²) in [6, 6.07) is 5.37. The van der Waals surface area contributed by atoms with Gasteiger partial charge in [-0.15, -0.1) is 11.3 Å². The van der Waals surface area contributed by atoms with Crippen LogP contribution in [0.3, 0.4) is 0 Å². The maximum Gasteiger partial charge on any atom is 0.337 e. The second kappa shape index (κ2) is 4.66. The second-order valence-electron chi connectivity index (χ2n) is 4.72. The molecule has 0 saturated heterocycles. The third kappa shape index (κ3) is 2.33. The molecule has 0 unspecified atom stereocenters. The summed E-state index contributed by atoms with van der Waals surface area (Å²) in [6.45, 7) is 1.88. The molecule has 1 aromatic heterocycles. The first-order valence-corrected chi connectivity index (χ1v) is 7.04. The lowest BCUT2D eigenvalue weighted by molar-refractivity contribution is 0.0698. The Morgan fingerprint density at radius 3 is 3.00 bits per heavy atom. The molecule has 0 amide bonds. The van der Waals surface area contributed by atoms with Gasteiger partial charge in [-0.05, 0) is 38.3 Å². The number of carboxylic acid groups (broad SMARTS) is 1. The first-order chi connectivity index (χ1) is 9.13. The van der Waals surface area contributed by atoms with Crippen LogP contribution in [0.1, 0.15) is 32.9 Å². The van der Waals surface area contributed by atoms with Gasteiger partial charge in [0.2, 0.25) is 0 Å². The van der Waals surface area contributed by atoms with Gasteiger partial charge in [0.25, 0.3) is 0 Å². The van der Waals surface area contributed by atoms with Gasteiger partial charge in [-0.3, -0.25) is 0 Å². The van der Waals surface area contributed by atoms with E-state index in [0.717, 1.165) is 29.2 Å². The minimum atomic E-state index is -0.921. The fourth-order valence-electron chi connectivity index (χ4n) is 2.30. The highest BCUT2D eigenvalue weighted by Crippen LogP contribution is 2.32. The summed E-state index contributed by atoms with van der Waals surface area (Å²) in [5.41, 5.74) is 2.99. The van der Waals surface area contributed by atoms with E-state index in [4.69, 9.17) is 0 Å². The fourth-order valence-corrected chi connectivity index (χ4v) is 3.37. The van der Waals surface area contributed by atoms with E-state index in [2.05, 4.69) is 10.3 Å². The van der Waals surface area contributed by atoms with Gasteiger partial charge in [-0.1, -0.05) is 11.6 Å². The normalized spacial score (nSPS) is 13.3. The van der Waals surface area contributed by atoms with Crippen LogP contribution in [0.15, 0.2) is 18.2 Å².